The predicted octanol–water partition coefficient (Wildman–Crippen LogP) is -1.42. The van der Waals surface area contributed by atoms with Gasteiger partial charge in [0.05, 0.1) is 0 Å². The first-order chi connectivity index (χ1) is 3.45. The van der Waals surface area contributed by atoms with Crippen molar-refractivity contribution in [1.29, 1.82) is 0 Å². The summed E-state index contributed by atoms with van der Waals surface area (Å²) in [6.45, 7) is 0. The van der Waals surface area contributed by atoms with Gasteiger partial charge in [0, 0.05) is 0 Å². The van der Waals surface area contributed by atoms with Crippen LogP contribution in [0.4, 0.5) is 0 Å². The molecule has 0 amide bonds. The Balaban J connectivity index is 1.99. The van der Waals surface area contributed by atoms with Gasteiger partial charge in [-0.2, -0.15) is 0 Å². The van der Waals surface area contributed by atoms with Crippen molar-refractivity contribution in [3.8, 4) is 0 Å². The molecule has 33 valence electrons. The second-order valence-corrected chi connectivity index (χ2v) is 1.22. The highest BCUT2D eigenvalue weighted by atomic mass is 16.9. The highest BCUT2D eigenvalue weighted by Crippen LogP contribution is 2.14. The van der Waals surface area contributed by atoms with E-state index in [1.807, 2.05) is 0 Å². The third-order valence-corrected chi connectivity index (χ3v) is 0.778. The lowest BCUT2D eigenvalue weighted by Gasteiger charge is -2.32. The smallest absolute Gasteiger partial charge is 0.429 e. The van der Waals surface area contributed by atoms with Crippen LogP contribution in [0.5, 0.6) is 0 Å². The maximum Gasteiger partial charge on any atom is 0.601 e. The van der Waals surface area contributed by atoms with Crippen LogP contribution >= 0.6 is 0 Å². The first-order valence-electron chi connectivity index (χ1n) is 1.89. The maximum absolute atomic E-state index is 4.68. The largest absolute Gasteiger partial charge is 0.601 e. The molecule has 0 N–H and O–H groups in total. The molecular formula is B3O4. The molecule has 0 aromatic heterocycles. The molecule has 7 heavy (non-hydrogen) atoms. The van der Waals surface area contributed by atoms with Gasteiger partial charge in [-0.05, 0) is 0 Å². The quantitative estimate of drug-likeness (QED) is 0.347. The molecule has 2 bridgehead atoms. The van der Waals surface area contributed by atoms with E-state index in [0.29, 0.717) is 0 Å². The lowest BCUT2D eigenvalue weighted by molar-refractivity contribution is 0.103. The Bertz CT molecular complexity index is 63.5. The molecule has 3 fully saturated rings. The van der Waals surface area contributed by atoms with Gasteiger partial charge >= 0.3 is 22.3 Å². The van der Waals surface area contributed by atoms with E-state index in [1.54, 1.807) is 0 Å². The van der Waals surface area contributed by atoms with E-state index in [1.165, 1.54) is 7.69 Å². The van der Waals surface area contributed by atoms with Crippen molar-refractivity contribution in [3.05, 3.63) is 0 Å². The van der Waals surface area contributed by atoms with Crippen molar-refractivity contribution in [2.75, 3.05) is 0 Å². The van der Waals surface area contributed by atoms with E-state index in [9.17, 15) is 0 Å². The lowest BCUT2D eigenvalue weighted by Crippen LogP contribution is -2.59. The Kier molecular flexibility index (Phi) is 0.712. The zero-order chi connectivity index (χ0) is 4.69. The van der Waals surface area contributed by atoms with Gasteiger partial charge in [0.1, 0.15) is 0 Å². The fourth-order valence-corrected chi connectivity index (χ4v) is 0.443. The molecular weight excluding hydrogens is 96.4 g/mol. The molecule has 0 unspecified atom stereocenters. The van der Waals surface area contributed by atoms with E-state index < -0.39 is 14.6 Å². The summed E-state index contributed by atoms with van der Waals surface area (Å²) in [6, 6.07) is 0. The maximum atomic E-state index is 4.68. The van der Waals surface area contributed by atoms with Crippen molar-refractivity contribution in [2.24, 2.45) is 0 Å². The van der Waals surface area contributed by atoms with Crippen molar-refractivity contribution < 1.29 is 18.3 Å². The second-order valence-electron chi connectivity index (χ2n) is 1.22. The zero-order valence-electron chi connectivity index (χ0n) is 3.37. The van der Waals surface area contributed by atoms with E-state index in [4.69, 9.17) is 0 Å². The molecule has 1 radical (unpaired) electrons. The van der Waals surface area contributed by atoms with Crippen molar-refractivity contribution in [1.82, 2.24) is 0 Å². The normalized spacial score (nSPS) is 26.3. The van der Waals surface area contributed by atoms with Crippen molar-refractivity contribution in [3.63, 3.8) is 0 Å². The third kappa shape index (κ3) is 0.499. The summed E-state index contributed by atoms with van der Waals surface area (Å²) in [5.74, 6) is 0. The Morgan fingerprint density at radius 1 is 1.00 bits per heavy atom. The van der Waals surface area contributed by atoms with Crippen LogP contribution in [0.2, 0.25) is 0 Å². The third-order valence-electron chi connectivity index (χ3n) is 0.778. The molecule has 0 spiro atoms. The van der Waals surface area contributed by atoms with Gasteiger partial charge in [-0.15, -0.1) is 0 Å². The van der Waals surface area contributed by atoms with Crippen molar-refractivity contribution in [2.45, 2.75) is 0 Å². The molecule has 0 aliphatic carbocycles. The first-order valence-corrected chi connectivity index (χ1v) is 1.89. The standard InChI is InChI=1S/B3O4/c1-4-2-6-3(5-1)7-2. The van der Waals surface area contributed by atoms with Gasteiger partial charge in [-0.1, -0.05) is 0 Å². The van der Waals surface area contributed by atoms with Gasteiger partial charge in [0.2, 0.25) is 0 Å². The first kappa shape index (κ1) is 3.97. The average Bonchev–Trinajstić information content (AvgIpc) is 1.67. The summed E-state index contributed by atoms with van der Waals surface area (Å²) in [4.78, 5) is 0. The Hall–Kier alpha value is 0.0348. The summed E-state index contributed by atoms with van der Waals surface area (Å²) < 4.78 is 18.5. The van der Waals surface area contributed by atoms with Gasteiger partial charge in [-0.3, -0.25) is 0 Å². The molecule has 3 saturated heterocycles. The summed E-state index contributed by atoms with van der Waals surface area (Å²) in [5, 5.41) is 0. The average molecular weight is 96.4 g/mol. The molecule has 0 saturated carbocycles. The predicted molar refractivity (Wildman–Crippen MR) is 21.6 cm³/mol. The summed E-state index contributed by atoms with van der Waals surface area (Å²) >= 11 is 0. The molecule has 3 aliphatic heterocycles. The number of hydrogen-bond acceptors (Lipinski definition) is 4. The minimum atomic E-state index is -0.501. The Morgan fingerprint density at radius 2 is 1.57 bits per heavy atom. The van der Waals surface area contributed by atoms with Crippen LogP contribution in [0.15, 0.2) is 0 Å². The number of rotatable bonds is 0. The second kappa shape index (κ2) is 1.26. The van der Waals surface area contributed by atoms with E-state index in [0.717, 1.165) is 0 Å². The van der Waals surface area contributed by atoms with Gasteiger partial charge in [0.25, 0.3) is 0 Å². The summed E-state index contributed by atoms with van der Waals surface area (Å²) in [5.41, 5.74) is 0. The zero-order valence-corrected chi connectivity index (χ0v) is 3.37. The van der Waals surface area contributed by atoms with Crippen LogP contribution in [0.3, 0.4) is 0 Å². The minimum absolute atomic E-state index is 0.501. The van der Waals surface area contributed by atoms with E-state index >= 15 is 0 Å². The van der Waals surface area contributed by atoms with E-state index in [2.05, 4.69) is 18.3 Å². The van der Waals surface area contributed by atoms with Crippen LogP contribution in [0, 0.1) is 0 Å². The molecule has 3 rings (SSSR count). The monoisotopic (exact) mass is 97.0 g/mol. The molecule has 0 aromatic rings. The van der Waals surface area contributed by atoms with Gasteiger partial charge < -0.3 is 18.3 Å². The van der Waals surface area contributed by atoms with Crippen LogP contribution in [0.25, 0.3) is 0 Å². The molecule has 0 aromatic carbocycles. The molecule has 0 atom stereocenters. The summed E-state index contributed by atoms with van der Waals surface area (Å²) in [7, 11) is 0.208. The fourth-order valence-electron chi connectivity index (χ4n) is 0.443. The highest BCUT2D eigenvalue weighted by molar-refractivity contribution is 6.74. The van der Waals surface area contributed by atoms with Gasteiger partial charge in [-0.25, -0.2) is 0 Å². The van der Waals surface area contributed by atoms with Gasteiger partial charge in [0.15, 0.2) is 0 Å². The number of fused-ring (bicyclic) bond motifs is 2. The van der Waals surface area contributed by atoms with Crippen LogP contribution in [-0.4, -0.2) is 22.3 Å². The fraction of sp³-hybridized carbons (Fsp3) is 0. The minimum Gasteiger partial charge on any atom is -0.429 e. The molecule has 3 aliphatic rings. The Morgan fingerprint density at radius 3 is 1.71 bits per heavy atom. The SMILES string of the molecule is [B]1OB2OB(O1)O2. The highest BCUT2D eigenvalue weighted by Gasteiger charge is 2.50. The molecule has 7 heteroatoms. The molecule has 3 heterocycles. The molecule has 4 nitrogen and oxygen atoms in total. The van der Waals surface area contributed by atoms with E-state index in [-0.39, 0.29) is 0 Å². The topological polar surface area (TPSA) is 36.9 Å². The summed E-state index contributed by atoms with van der Waals surface area (Å²) in [6.07, 6.45) is 0. The Labute approximate surface area is 41.7 Å². The lowest BCUT2D eigenvalue weighted by atomic mass is 9.90. The van der Waals surface area contributed by atoms with Crippen LogP contribution in [-0.2, 0) is 18.3 Å². The number of hydrogen-bond donors (Lipinski definition) is 0. The van der Waals surface area contributed by atoms with Crippen molar-refractivity contribution >= 4 is 22.3 Å². The van der Waals surface area contributed by atoms with Crippen LogP contribution < -0.4 is 0 Å². The van der Waals surface area contributed by atoms with Crippen LogP contribution in [0.1, 0.15) is 0 Å².